The highest BCUT2D eigenvalue weighted by atomic mass is 16.5. The Morgan fingerprint density at radius 1 is 1.67 bits per heavy atom. The van der Waals surface area contributed by atoms with Gasteiger partial charge in [-0.05, 0) is 19.0 Å². The number of rotatable bonds is 5. The summed E-state index contributed by atoms with van der Waals surface area (Å²) in [5.74, 6) is 0.808. The van der Waals surface area contributed by atoms with Gasteiger partial charge in [0.25, 0.3) is 0 Å². The second-order valence-corrected chi connectivity index (χ2v) is 4.35. The maximum atomic E-state index is 11.3. The number of hydrogen-bond acceptors (Lipinski definition) is 4. The molecule has 0 aliphatic carbocycles. The summed E-state index contributed by atoms with van der Waals surface area (Å²) in [5.41, 5.74) is 0.971. The van der Waals surface area contributed by atoms with E-state index in [-0.39, 0.29) is 12.0 Å². The van der Waals surface area contributed by atoms with Crippen molar-refractivity contribution in [1.29, 1.82) is 0 Å². The van der Waals surface area contributed by atoms with Gasteiger partial charge >= 0.3 is 0 Å². The molecule has 1 fully saturated rings. The summed E-state index contributed by atoms with van der Waals surface area (Å²) >= 11 is 0. The Balaban J connectivity index is 1.98. The summed E-state index contributed by atoms with van der Waals surface area (Å²) < 4.78 is 5.90. The largest absolute Gasteiger partial charge is 0.487 e. The number of pyridine rings is 1. The van der Waals surface area contributed by atoms with Crippen molar-refractivity contribution >= 4 is 5.91 Å². The van der Waals surface area contributed by atoms with E-state index in [1.807, 2.05) is 13.0 Å². The van der Waals surface area contributed by atoms with E-state index in [9.17, 15) is 4.79 Å². The first-order valence-corrected chi connectivity index (χ1v) is 6.36. The van der Waals surface area contributed by atoms with Crippen LogP contribution in [0.25, 0.3) is 0 Å². The molecule has 0 unspecified atom stereocenters. The van der Waals surface area contributed by atoms with Crippen molar-refractivity contribution in [3.63, 3.8) is 0 Å². The van der Waals surface area contributed by atoms with Crippen LogP contribution in [0, 0.1) is 0 Å². The van der Waals surface area contributed by atoms with E-state index in [2.05, 4.69) is 15.6 Å². The molecule has 0 aromatic carbocycles. The monoisotopic (exact) mass is 249 g/mol. The highest BCUT2D eigenvalue weighted by molar-refractivity contribution is 5.75. The zero-order valence-corrected chi connectivity index (χ0v) is 10.6. The molecule has 1 aliphatic rings. The van der Waals surface area contributed by atoms with E-state index in [4.69, 9.17) is 4.74 Å². The molecule has 0 radical (unpaired) electrons. The van der Waals surface area contributed by atoms with Crippen molar-refractivity contribution in [3.05, 3.63) is 24.0 Å². The third kappa shape index (κ3) is 3.43. The lowest BCUT2D eigenvalue weighted by molar-refractivity contribution is -0.120. The number of amides is 1. The van der Waals surface area contributed by atoms with Crippen LogP contribution in [0.4, 0.5) is 0 Å². The standard InChI is InChI=1S/C13H19N3O2/c1-2-13(17)16-7-10-3-5-15-9-12(10)18-11-4-6-14-8-11/h3,5,9,11,14H,2,4,6-8H2,1H3,(H,16,17)/t11-/m0/s1. The Labute approximate surface area is 107 Å². The molecule has 1 amide bonds. The minimum Gasteiger partial charge on any atom is -0.487 e. The van der Waals surface area contributed by atoms with Crippen LogP contribution in [-0.4, -0.2) is 30.1 Å². The third-order valence-corrected chi connectivity index (χ3v) is 2.98. The maximum Gasteiger partial charge on any atom is 0.219 e. The first-order valence-electron chi connectivity index (χ1n) is 6.36. The van der Waals surface area contributed by atoms with Gasteiger partial charge < -0.3 is 15.4 Å². The number of nitrogens with zero attached hydrogens (tertiary/aromatic N) is 1. The molecule has 1 saturated heterocycles. The van der Waals surface area contributed by atoms with Crippen LogP contribution in [0.5, 0.6) is 5.75 Å². The van der Waals surface area contributed by atoms with Crippen LogP contribution in [0.15, 0.2) is 18.5 Å². The van der Waals surface area contributed by atoms with Gasteiger partial charge in [-0.1, -0.05) is 6.92 Å². The van der Waals surface area contributed by atoms with E-state index in [0.717, 1.165) is 30.8 Å². The molecule has 2 rings (SSSR count). The normalized spacial score (nSPS) is 18.6. The lowest BCUT2D eigenvalue weighted by Crippen LogP contribution is -2.24. The van der Waals surface area contributed by atoms with Crippen molar-refractivity contribution in [2.45, 2.75) is 32.4 Å². The smallest absolute Gasteiger partial charge is 0.219 e. The Kier molecular flexibility index (Phi) is 4.52. The molecular weight excluding hydrogens is 230 g/mol. The average Bonchev–Trinajstić information content (AvgIpc) is 2.90. The van der Waals surface area contributed by atoms with E-state index < -0.39 is 0 Å². The summed E-state index contributed by atoms with van der Waals surface area (Å²) in [6.07, 6.45) is 5.14. The fraction of sp³-hybridized carbons (Fsp3) is 0.538. The highest BCUT2D eigenvalue weighted by Crippen LogP contribution is 2.19. The highest BCUT2D eigenvalue weighted by Gasteiger charge is 2.17. The summed E-state index contributed by atoms with van der Waals surface area (Å²) in [7, 11) is 0. The molecule has 1 atom stereocenters. The summed E-state index contributed by atoms with van der Waals surface area (Å²) in [6.45, 7) is 4.19. The maximum absolute atomic E-state index is 11.3. The Morgan fingerprint density at radius 2 is 2.56 bits per heavy atom. The van der Waals surface area contributed by atoms with E-state index in [1.54, 1.807) is 12.4 Å². The number of ether oxygens (including phenoxy) is 1. The van der Waals surface area contributed by atoms with Crippen molar-refractivity contribution in [2.24, 2.45) is 0 Å². The molecule has 2 heterocycles. The molecule has 18 heavy (non-hydrogen) atoms. The fourth-order valence-corrected chi connectivity index (χ4v) is 1.89. The van der Waals surface area contributed by atoms with Crippen molar-refractivity contribution < 1.29 is 9.53 Å². The molecular formula is C13H19N3O2. The van der Waals surface area contributed by atoms with Gasteiger partial charge in [-0.2, -0.15) is 0 Å². The quantitative estimate of drug-likeness (QED) is 0.812. The van der Waals surface area contributed by atoms with Crippen molar-refractivity contribution in [3.8, 4) is 5.75 Å². The fourth-order valence-electron chi connectivity index (χ4n) is 1.89. The third-order valence-electron chi connectivity index (χ3n) is 2.98. The van der Waals surface area contributed by atoms with Crippen LogP contribution >= 0.6 is 0 Å². The lowest BCUT2D eigenvalue weighted by atomic mass is 10.2. The van der Waals surface area contributed by atoms with Crippen LogP contribution in [-0.2, 0) is 11.3 Å². The number of nitrogens with one attached hydrogen (secondary N) is 2. The van der Waals surface area contributed by atoms with Gasteiger partial charge in [-0.15, -0.1) is 0 Å². The first kappa shape index (κ1) is 12.8. The van der Waals surface area contributed by atoms with E-state index in [1.165, 1.54) is 0 Å². The SMILES string of the molecule is CCC(=O)NCc1ccncc1O[C@H]1CCNC1. The van der Waals surface area contributed by atoms with E-state index in [0.29, 0.717) is 13.0 Å². The molecule has 5 heteroatoms. The first-order chi connectivity index (χ1) is 8.79. The van der Waals surface area contributed by atoms with Crippen LogP contribution < -0.4 is 15.4 Å². The zero-order valence-electron chi connectivity index (χ0n) is 10.6. The Hall–Kier alpha value is -1.62. The average molecular weight is 249 g/mol. The molecule has 1 aromatic heterocycles. The number of carbonyl (C=O) groups is 1. The van der Waals surface area contributed by atoms with Gasteiger partial charge in [0.1, 0.15) is 11.9 Å². The number of aromatic nitrogens is 1. The summed E-state index contributed by atoms with van der Waals surface area (Å²) in [4.78, 5) is 15.3. The van der Waals surface area contributed by atoms with Gasteiger partial charge in [0.05, 0.1) is 6.20 Å². The van der Waals surface area contributed by atoms with Gasteiger partial charge in [0, 0.05) is 31.3 Å². The van der Waals surface area contributed by atoms with Crippen molar-refractivity contribution in [1.82, 2.24) is 15.6 Å². The second kappa shape index (κ2) is 6.35. The van der Waals surface area contributed by atoms with E-state index >= 15 is 0 Å². The van der Waals surface area contributed by atoms with Crippen molar-refractivity contribution in [2.75, 3.05) is 13.1 Å². The molecule has 1 aromatic rings. The van der Waals surface area contributed by atoms with Crippen LogP contribution in [0.1, 0.15) is 25.3 Å². The predicted octanol–water partition coefficient (Wildman–Crippen LogP) is 0.848. The van der Waals surface area contributed by atoms with Gasteiger partial charge in [-0.3, -0.25) is 9.78 Å². The summed E-state index contributed by atoms with van der Waals surface area (Å²) in [5, 5.41) is 6.11. The Morgan fingerprint density at radius 3 is 3.28 bits per heavy atom. The van der Waals surface area contributed by atoms with Gasteiger partial charge in [0.2, 0.25) is 5.91 Å². The zero-order chi connectivity index (χ0) is 12.8. The molecule has 1 aliphatic heterocycles. The molecule has 2 N–H and O–H groups in total. The molecule has 5 nitrogen and oxygen atoms in total. The minimum atomic E-state index is 0.0419. The molecule has 0 spiro atoms. The topological polar surface area (TPSA) is 63.2 Å². The predicted molar refractivity (Wildman–Crippen MR) is 68.3 cm³/mol. The van der Waals surface area contributed by atoms with Crippen LogP contribution in [0.2, 0.25) is 0 Å². The minimum absolute atomic E-state index is 0.0419. The molecule has 98 valence electrons. The van der Waals surface area contributed by atoms with Crippen LogP contribution in [0.3, 0.4) is 0 Å². The summed E-state index contributed by atoms with van der Waals surface area (Å²) in [6, 6.07) is 1.88. The second-order valence-electron chi connectivity index (χ2n) is 4.35. The Bertz CT molecular complexity index is 403. The van der Waals surface area contributed by atoms with Gasteiger partial charge in [-0.25, -0.2) is 0 Å². The lowest BCUT2D eigenvalue weighted by Gasteiger charge is -2.15. The number of carbonyl (C=O) groups excluding carboxylic acids is 1. The van der Waals surface area contributed by atoms with Gasteiger partial charge in [0.15, 0.2) is 0 Å². The molecule has 0 saturated carbocycles. The number of hydrogen-bond donors (Lipinski definition) is 2. The molecule has 0 bridgehead atoms.